The van der Waals surface area contributed by atoms with Crippen LogP contribution < -0.4 is 5.32 Å². The molecule has 1 saturated heterocycles. The molecule has 0 radical (unpaired) electrons. The van der Waals surface area contributed by atoms with Crippen molar-refractivity contribution in [3.63, 3.8) is 0 Å². The van der Waals surface area contributed by atoms with Crippen LogP contribution in [0.4, 0.5) is 0 Å². The number of rotatable bonds is 2. The molecular formula is C11H14BrNO. The molecule has 1 aromatic heterocycles. The molecule has 0 bridgehead atoms. The lowest BCUT2D eigenvalue weighted by Gasteiger charge is -2.27. The molecule has 1 aromatic rings. The van der Waals surface area contributed by atoms with Gasteiger partial charge in [-0.25, -0.2) is 0 Å². The average Bonchev–Trinajstić information content (AvgIpc) is 2.77. The molecular weight excluding hydrogens is 242 g/mol. The van der Waals surface area contributed by atoms with Gasteiger partial charge in [-0.1, -0.05) is 0 Å². The first-order valence-electron chi connectivity index (χ1n) is 5.31. The van der Waals surface area contributed by atoms with Crippen molar-refractivity contribution in [3.8, 4) is 0 Å². The lowest BCUT2D eigenvalue weighted by atomic mass is 9.89. The molecule has 76 valence electrons. The fourth-order valence-electron chi connectivity index (χ4n) is 2.68. The van der Waals surface area contributed by atoms with E-state index in [1.165, 1.54) is 25.7 Å². The Labute approximate surface area is 92.2 Å². The maximum atomic E-state index is 5.64. The monoisotopic (exact) mass is 255 g/mol. The highest BCUT2D eigenvalue weighted by Gasteiger charge is 2.50. The van der Waals surface area contributed by atoms with Crippen molar-refractivity contribution in [2.24, 2.45) is 5.92 Å². The molecule has 3 rings (SSSR count). The Kier molecular flexibility index (Phi) is 1.99. The smallest absolute Gasteiger partial charge is 0.138 e. The summed E-state index contributed by atoms with van der Waals surface area (Å²) in [7, 11) is 0. The molecule has 14 heavy (non-hydrogen) atoms. The van der Waals surface area contributed by atoms with E-state index in [0.29, 0.717) is 0 Å². The van der Waals surface area contributed by atoms with E-state index in [0.717, 1.165) is 22.7 Å². The van der Waals surface area contributed by atoms with Crippen LogP contribution in [-0.4, -0.2) is 6.54 Å². The Morgan fingerprint density at radius 1 is 1.50 bits per heavy atom. The molecule has 2 nitrogen and oxygen atoms in total. The minimum absolute atomic E-state index is 0.155. The third kappa shape index (κ3) is 1.18. The quantitative estimate of drug-likeness (QED) is 0.879. The molecule has 0 amide bonds. The average molecular weight is 256 g/mol. The van der Waals surface area contributed by atoms with Crippen molar-refractivity contribution in [1.29, 1.82) is 0 Å². The molecule has 1 saturated carbocycles. The number of halogens is 1. The van der Waals surface area contributed by atoms with Gasteiger partial charge in [0.05, 0.1) is 16.3 Å². The SMILES string of the molecule is Brc1ccoc1C1(C2CC2)CCCN1. The van der Waals surface area contributed by atoms with Gasteiger partial charge in [0.2, 0.25) is 0 Å². The summed E-state index contributed by atoms with van der Waals surface area (Å²) >= 11 is 3.57. The van der Waals surface area contributed by atoms with E-state index in [-0.39, 0.29) is 5.54 Å². The lowest BCUT2D eigenvalue weighted by Crippen LogP contribution is -2.38. The number of hydrogen-bond acceptors (Lipinski definition) is 2. The minimum atomic E-state index is 0.155. The molecule has 1 atom stereocenters. The van der Waals surface area contributed by atoms with Gasteiger partial charge in [0, 0.05) is 0 Å². The van der Waals surface area contributed by atoms with E-state index in [1.807, 2.05) is 6.07 Å². The molecule has 1 unspecified atom stereocenters. The van der Waals surface area contributed by atoms with Crippen LogP contribution in [0.3, 0.4) is 0 Å². The number of nitrogens with one attached hydrogen (secondary N) is 1. The highest BCUT2D eigenvalue weighted by molar-refractivity contribution is 9.10. The molecule has 3 heteroatoms. The maximum Gasteiger partial charge on any atom is 0.138 e. The largest absolute Gasteiger partial charge is 0.466 e. The van der Waals surface area contributed by atoms with E-state index in [1.54, 1.807) is 6.26 Å². The van der Waals surface area contributed by atoms with E-state index < -0.39 is 0 Å². The van der Waals surface area contributed by atoms with Crippen LogP contribution in [0.25, 0.3) is 0 Å². The van der Waals surface area contributed by atoms with Gasteiger partial charge in [0.1, 0.15) is 5.76 Å². The predicted molar refractivity (Wildman–Crippen MR) is 58.0 cm³/mol. The van der Waals surface area contributed by atoms with Crippen LogP contribution in [0.2, 0.25) is 0 Å². The molecule has 2 aliphatic rings. The summed E-state index contributed by atoms with van der Waals surface area (Å²) in [6.07, 6.45) is 6.97. The normalized spacial score (nSPS) is 32.4. The third-order valence-electron chi connectivity index (χ3n) is 3.48. The zero-order valence-electron chi connectivity index (χ0n) is 8.05. The fraction of sp³-hybridized carbons (Fsp3) is 0.636. The Morgan fingerprint density at radius 3 is 2.86 bits per heavy atom. The van der Waals surface area contributed by atoms with E-state index >= 15 is 0 Å². The van der Waals surface area contributed by atoms with Crippen LogP contribution in [0.5, 0.6) is 0 Å². The van der Waals surface area contributed by atoms with Crippen LogP contribution in [0.15, 0.2) is 21.2 Å². The standard InChI is InChI=1S/C11H14BrNO/c12-9-4-7-14-10(9)11(8-2-3-8)5-1-6-13-11/h4,7-8,13H,1-3,5-6H2. The van der Waals surface area contributed by atoms with Gasteiger partial charge >= 0.3 is 0 Å². The van der Waals surface area contributed by atoms with E-state index in [4.69, 9.17) is 4.42 Å². The lowest BCUT2D eigenvalue weighted by molar-refractivity contribution is 0.267. The summed E-state index contributed by atoms with van der Waals surface area (Å²) < 4.78 is 6.77. The van der Waals surface area contributed by atoms with Crippen molar-refractivity contribution < 1.29 is 4.42 Å². The number of furan rings is 1. The zero-order valence-corrected chi connectivity index (χ0v) is 9.64. The van der Waals surface area contributed by atoms with E-state index in [2.05, 4.69) is 21.2 Å². The Hall–Kier alpha value is -0.280. The minimum Gasteiger partial charge on any atom is -0.466 e. The summed E-state index contributed by atoms with van der Waals surface area (Å²) in [6.45, 7) is 1.13. The summed E-state index contributed by atoms with van der Waals surface area (Å²) in [6, 6.07) is 2.00. The molecule has 1 aliphatic carbocycles. The van der Waals surface area contributed by atoms with Gasteiger partial charge in [-0.3, -0.25) is 0 Å². The summed E-state index contributed by atoms with van der Waals surface area (Å²) in [5.41, 5.74) is 0.155. The molecule has 2 fully saturated rings. The van der Waals surface area contributed by atoms with Crippen LogP contribution >= 0.6 is 15.9 Å². The Morgan fingerprint density at radius 2 is 2.36 bits per heavy atom. The second-order valence-corrected chi connectivity index (χ2v) is 5.23. The predicted octanol–water partition coefficient (Wildman–Crippen LogP) is 3.03. The highest BCUT2D eigenvalue weighted by atomic mass is 79.9. The first-order chi connectivity index (χ1) is 6.83. The first kappa shape index (κ1) is 8.98. The summed E-state index contributed by atoms with van der Waals surface area (Å²) in [5.74, 6) is 1.92. The molecule has 0 aromatic carbocycles. The van der Waals surface area contributed by atoms with Crippen LogP contribution in [-0.2, 0) is 5.54 Å². The van der Waals surface area contributed by atoms with Crippen LogP contribution in [0, 0.1) is 5.92 Å². The van der Waals surface area contributed by atoms with Gasteiger partial charge in [-0.2, -0.15) is 0 Å². The number of hydrogen-bond donors (Lipinski definition) is 1. The molecule has 1 N–H and O–H groups in total. The highest BCUT2D eigenvalue weighted by Crippen LogP contribution is 2.51. The van der Waals surface area contributed by atoms with Crippen molar-refractivity contribution in [2.75, 3.05) is 6.54 Å². The van der Waals surface area contributed by atoms with Crippen molar-refractivity contribution in [2.45, 2.75) is 31.2 Å². The van der Waals surface area contributed by atoms with Crippen LogP contribution in [0.1, 0.15) is 31.4 Å². The molecule has 1 aliphatic heterocycles. The second kappa shape index (κ2) is 3.11. The zero-order chi connectivity index (χ0) is 9.60. The Bertz CT molecular complexity index is 337. The van der Waals surface area contributed by atoms with Crippen molar-refractivity contribution >= 4 is 15.9 Å². The summed E-state index contributed by atoms with van der Waals surface area (Å²) in [4.78, 5) is 0. The van der Waals surface area contributed by atoms with Gasteiger partial charge in [-0.15, -0.1) is 0 Å². The summed E-state index contributed by atoms with van der Waals surface area (Å²) in [5, 5.41) is 3.65. The van der Waals surface area contributed by atoms with E-state index in [9.17, 15) is 0 Å². The second-order valence-electron chi connectivity index (χ2n) is 4.37. The molecule has 2 heterocycles. The van der Waals surface area contributed by atoms with Gasteiger partial charge in [-0.05, 0) is 60.1 Å². The van der Waals surface area contributed by atoms with Crippen molar-refractivity contribution in [1.82, 2.24) is 5.32 Å². The third-order valence-corrected chi connectivity index (χ3v) is 4.11. The van der Waals surface area contributed by atoms with Crippen molar-refractivity contribution in [3.05, 3.63) is 22.6 Å². The van der Waals surface area contributed by atoms with Gasteiger partial charge < -0.3 is 9.73 Å². The maximum absolute atomic E-state index is 5.64. The molecule has 0 spiro atoms. The topological polar surface area (TPSA) is 25.2 Å². The first-order valence-corrected chi connectivity index (χ1v) is 6.11. The van der Waals surface area contributed by atoms with Gasteiger partial charge in [0.25, 0.3) is 0 Å². The van der Waals surface area contributed by atoms with Gasteiger partial charge in [0.15, 0.2) is 0 Å². The Balaban J connectivity index is 2.03. The fourth-order valence-corrected chi connectivity index (χ4v) is 3.24.